The molecule has 2 fully saturated rings. The molecule has 0 bridgehead atoms. The summed E-state index contributed by atoms with van der Waals surface area (Å²) in [5.74, 6) is 2.66. The second-order valence-corrected chi connectivity index (χ2v) is 5.94. The molecule has 0 unspecified atom stereocenters. The molecule has 1 aromatic carbocycles. The van der Waals surface area contributed by atoms with Crippen molar-refractivity contribution in [2.75, 3.05) is 26.2 Å². The third-order valence-electron chi connectivity index (χ3n) is 4.35. The summed E-state index contributed by atoms with van der Waals surface area (Å²) in [6, 6.07) is 10.5. The Bertz CT molecular complexity index is 391. The third-order valence-corrected chi connectivity index (χ3v) is 4.35. The van der Waals surface area contributed by atoms with E-state index < -0.39 is 0 Å². The first kappa shape index (κ1) is 12.9. The maximum Gasteiger partial charge on any atom is 0.119 e. The van der Waals surface area contributed by atoms with E-state index in [1.54, 1.807) is 0 Å². The summed E-state index contributed by atoms with van der Waals surface area (Å²) in [5, 5.41) is 0. The average molecular weight is 260 g/mol. The van der Waals surface area contributed by atoms with Gasteiger partial charge in [0, 0.05) is 25.7 Å². The average Bonchev–Trinajstić information content (AvgIpc) is 3.20. The number of hydrogen-bond donors (Lipinski definition) is 1. The van der Waals surface area contributed by atoms with Gasteiger partial charge in [-0.05, 0) is 43.2 Å². The van der Waals surface area contributed by atoms with Gasteiger partial charge in [0.2, 0.25) is 0 Å². The van der Waals surface area contributed by atoms with E-state index >= 15 is 0 Å². The molecule has 2 aliphatic rings. The molecule has 0 aromatic heterocycles. The van der Waals surface area contributed by atoms with Crippen molar-refractivity contribution in [1.29, 1.82) is 0 Å². The highest BCUT2D eigenvalue weighted by atomic mass is 16.5. The predicted octanol–water partition coefficient (Wildman–Crippen LogP) is 2.12. The minimum absolute atomic E-state index is 0.405. The first-order chi connectivity index (χ1) is 9.33. The fourth-order valence-corrected chi connectivity index (χ4v) is 3.14. The SMILES string of the molecule is N[C@@H]1CN(CCCOc2ccccc2)C[C@H]1C1CC1. The van der Waals surface area contributed by atoms with Crippen molar-refractivity contribution >= 4 is 0 Å². The number of hydrogen-bond acceptors (Lipinski definition) is 3. The van der Waals surface area contributed by atoms with Crippen LogP contribution in [0.1, 0.15) is 19.3 Å². The molecular formula is C16H24N2O. The van der Waals surface area contributed by atoms with Crippen LogP contribution < -0.4 is 10.5 Å². The molecule has 0 amide bonds. The monoisotopic (exact) mass is 260 g/mol. The maximum absolute atomic E-state index is 6.23. The van der Waals surface area contributed by atoms with Gasteiger partial charge in [0.25, 0.3) is 0 Å². The molecule has 2 atom stereocenters. The molecule has 3 rings (SSSR count). The molecular weight excluding hydrogens is 236 g/mol. The molecule has 3 heteroatoms. The Morgan fingerprint density at radius 2 is 1.95 bits per heavy atom. The van der Waals surface area contributed by atoms with Gasteiger partial charge >= 0.3 is 0 Å². The number of nitrogens with two attached hydrogens (primary N) is 1. The van der Waals surface area contributed by atoms with E-state index in [0.29, 0.717) is 6.04 Å². The molecule has 1 saturated heterocycles. The van der Waals surface area contributed by atoms with Gasteiger partial charge in [-0.3, -0.25) is 0 Å². The summed E-state index contributed by atoms with van der Waals surface area (Å²) in [6.45, 7) is 4.19. The van der Waals surface area contributed by atoms with Crippen molar-refractivity contribution in [1.82, 2.24) is 4.90 Å². The minimum atomic E-state index is 0.405. The van der Waals surface area contributed by atoms with Crippen LogP contribution in [0, 0.1) is 11.8 Å². The topological polar surface area (TPSA) is 38.5 Å². The van der Waals surface area contributed by atoms with Crippen molar-refractivity contribution in [2.24, 2.45) is 17.6 Å². The zero-order chi connectivity index (χ0) is 13.1. The van der Waals surface area contributed by atoms with Crippen LogP contribution in [0.5, 0.6) is 5.75 Å². The van der Waals surface area contributed by atoms with Gasteiger partial charge < -0.3 is 15.4 Å². The lowest BCUT2D eigenvalue weighted by Gasteiger charge is -2.15. The Kier molecular flexibility index (Phi) is 4.04. The first-order valence-electron chi connectivity index (χ1n) is 7.49. The van der Waals surface area contributed by atoms with Gasteiger partial charge in [-0.15, -0.1) is 0 Å². The number of rotatable bonds is 6. The van der Waals surface area contributed by atoms with Crippen molar-refractivity contribution in [2.45, 2.75) is 25.3 Å². The fraction of sp³-hybridized carbons (Fsp3) is 0.625. The summed E-state index contributed by atoms with van der Waals surface area (Å²) >= 11 is 0. The molecule has 0 spiro atoms. The summed E-state index contributed by atoms with van der Waals surface area (Å²) in [4.78, 5) is 2.52. The van der Waals surface area contributed by atoms with Gasteiger partial charge in [-0.1, -0.05) is 18.2 Å². The lowest BCUT2D eigenvalue weighted by molar-refractivity contribution is 0.256. The first-order valence-corrected chi connectivity index (χ1v) is 7.49. The molecule has 1 aliphatic heterocycles. The zero-order valence-electron chi connectivity index (χ0n) is 11.5. The zero-order valence-corrected chi connectivity index (χ0v) is 11.5. The van der Waals surface area contributed by atoms with Crippen LogP contribution in [-0.4, -0.2) is 37.2 Å². The summed E-state index contributed by atoms with van der Waals surface area (Å²) in [6.07, 6.45) is 3.89. The molecule has 19 heavy (non-hydrogen) atoms. The molecule has 104 valence electrons. The summed E-state index contributed by atoms with van der Waals surface area (Å²) < 4.78 is 5.72. The number of likely N-dealkylation sites (tertiary alicyclic amines) is 1. The molecule has 1 heterocycles. The van der Waals surface area contributed by atoms with Crippen LogP contribution in [-0.2, 0) is 0 Å². The van der Waals surface area contributed by atoms with Gasteiger partial charge in [0.15, 0.2) is 0 Å². The highest BCUT2D eigenvalue weighted by Crippen LogP contribution is 2.40. The summed E-state index contributed by atoms with van der Waals surface area (Å²) in [7, 11) is 0. The van der Waals surface area contributed by atoms with E-state index in [1.807, 2.05) is 30.3 Å². The summed E-state index contributed by atoms with van der Waals surface area (Å²) in [5.41, 5.74) is 6.23. The van der Waals surface area contributed by atoms with Crippen LogP contribution in [0.4, 0.5) is 0 Å². The fourth-order valence-electron chi connectivity index (χ4n) is 3.14. The van der Waals surface area contributed by atoms with Crippen molar-refractivity contribution < 1.29 is 4.74 Å². The van der Waals surface area contributed by atoms with Crippen LogP contribution in [0.3, 0.4) is 0 Å². The van der Waals surface area contributed by atoms with Gasteiger partial charge in [-0.2, -0.15) is 0 Å². The van der Waals surface area contributed by atoms with Crippen molar-refractivity contribution in [3.63, 3.8) is 0 Å². The number of nitrogens with zero attached hydrogens (tertiary/aromatic N) is 1. The van der Waals surface area contributed by atoms with E-state index in [0.717, 1.165) is 43.7 Å². The normalized spacial score (nSPS) is 27.6. The van der Waals surface area contributed by atoms with Crippen LogP contribution in [0.25, 0.3) is 0 Å². The Balaban J connectivity index is 1.34. The predicted molar refractivity (Wildman–Crippen MR) is 77.2 cm³/mol. The smallest absolute Gasteiger partial charge is 0.119 e. The van der Waals surface area contributed by atoms with Crippen molar-refractivity contribution in [3.05, 3.63) is 30.3 Å². The molecule has 1 aliphatic carbocycles. The van der Waals surface area contributed by atoms with E-state index in [9.17, 15) is 0 Å². The van der Waals surface area contributed by atoms with Crippen molar-refractivity contribution in [3.8, 4) is 5.75 Å². The third kappa shape index (κ3) is 3.48. The quantitative estimate of drug-likeness (QED) is 0.796. The Hall–Kier alpha value is -1.06. The van der Waals surface area contributed by atoms with Crippen LogP contribution in [0.15, 0.2) is 30.3 Å². The Labute approximate surface area is 115 Å². The molecule has 3 nitrogen and oxygen atoms in total. The van der Waals surface area contributed by atoms with Gasteiger partial charge in [0.1, 0.15) is 5.75 Å². The van der Waals surface area contributed by atoms with E-state index in [-0.39, 0.29) is 0 Å². The number of para-hydroxylation sites is 1. The Morgan fingerprint density at radius 3 is 2.68 bits per heavy atom. The molecule has 2 N–H and O–H groups in total. The molecule has 1 aromatic rings. The molecule has 0 radical (unpaired) electrons. The van der Waals surface area contributed by atoms with E-state index in [2.05, 4.69) is 4.90 Å². The lowest BCUT2D eigenvalue weighted by Crippen LogP contribution is -2.30. The van der Waals surface area contributed by atoms with Crippen LogP contribution in [0.2, 0.25) is 0 Å². The highest BCUT2D eigenvalue weighted by Gasteiger charge is 2.40. The standard InChI is InChI=1S/C16H24N2O/c17-16-12-18(11-15(16)13-7-8-13)9-4-10-19-14-5-2-1-3-6-14/h1-3,5-6,13,15-16H,4,7-12,17H2/t15-,16+/m0/s1. The van der Waals surface area contributed by atoms with Crippen LogP contribution >= 0.6 is 0 Å². The number of benzene rings is 1. The van der Waals surface area contributed by atoms with Gasteiger partial charge in [0.05, 0.1) is 6.61 Å². The van der Waals surface area contributed by atoms with Gasteiger partial charge in [-0.25, -0.2) is 0 Å². The largest absolute Gasteiger partial charge is 0.494 e. The van der Waals surface area contributed by atoms with E-state index in [4.69, 9.17) is 10.5 Å². The Morgan fingerprint density at radius 1 is 1.16 bits per heavy atom. The minimum Gasteiger partial charge on any atom is -0.494 e. The highest BCUT2D eigenvalue weighted by molar-refractivity contribution is 5.20. The number of ether oxygens (including phenoxy) is 1. The maximum atomic E-state index is 6.23. The lowest BCUT2D eigenvalue weighted by atomic mass is 9.99. The second-order valence-electron chi connectivity index (χ2n) is 5.94. The molecule has 1 saturated carbocycles. The second kappa shape index (κ2) is 5.93. The van der Waals surface area contributed by atoms with E-state index in [1.165, 1.54) is 19.4 Å².